The van der Waals surface area contributed by atoms with Crippen molar-refractivity contribution >= 4 is 50.7 Å². The normalized spacial score (nSPS) is 15.2. The van der Waals surface area contributed by atoms with E-state index in [0.29, 0.717) is 12.0 Å². The number of amides is 2. The first-order valence-electron chi connectivity index (χ1n) is 12.3. The number of nitrogens with one attached hydrogen (secondary N) is 1. The van der Waals surface area contributed by atoms with Crippen LogP contribution < -0.4 is 9.62 Å². The molecule has 0 saturated heterocycles. The van der Waals surface area contributed by atoms with E-state index < -0.39 is 34.3 Å². The van der Waals surface area contributed by atoms with Gasteiger partial charge in [-0.1, -0.05) is 61.5 Å². The highest BCUT2D eigenvalue weighted by atomic mass is 35.5. The molecule has 1 atom stereocenters. The molecule has 0 spiro atoms. The summed E-state index contributed by atoms with van der Waals surface area (Å²) in [5.74, 6) is -1.30. The minimum Gasteiger partial charge on any atom is -0.352 e. The average molecular weight is 573 g/mol. The van der Waals surface area contributed by atoms with Crippen molar-refractivity contribution in [1.82, 2.24) is 10.2 Å². The molecule has 2 amide bonds. The molecule has 1 aliphatic carbocycles. The van der Waals surface area contributed by atoms with E-state index in [-0.39, 0.29) is 34.2 Å². The van der Waals surface area contributed by atoms with Crippen molar-refractivity contribution in [3.05, 3.63) is 63.9 Å². The summed E-state index contributed by atoms with van der Waals surface area (Å²) in [6.45, 7) is 1.23. The summed E-state index contributed by atoms with van der Waals surface area (Å²) in [6, 6.07) is 9.08. The molecule has 0 bridgehead atoms. The summed E-state index contributed by atoms with van der Waals surface area (Å²) < 4.78 is 39.8. The molecule has 0 aliphatic heterocycles. The van der Waals surface area contributed by atoms with E-state index in [1.165, 1.54) is 47.4 Å². The number of carbonyl (C=O) groups is 2. The lowest BCUT2D eigenvalue weighted by Gasteiger charge is -2.34. The van der Waals surface area contributed by atoms with Crippen LogP contribution in [0.2, 0.25) is 10.0 Å². The van der Waals surface area contributed by atoms with Gasteiger partial charge in [-0.25, -0.2) is 12.8 Å². The highest BCUT2D eigenvalue weighted by Gasteiger charge is 2.33. The fraction of sp³-hybridized carbons (Fsp3) is 0.462. The molecule has 37 heavy (non-hydrogen) atoms. The minimum atomic E-state index is -3.92. The molecule has 0 heterocycles. The second-order valence-corrected chi connectivity index (χ2v) is 12.1. The molecule has 7 nitrogen and oxygen atoms in total. The number of hydrogen-bond donors (Lipinski definition) is 1. The number of halogens is 3. The Morgan fingerprint density at radius 3 is 2.19 bits per heavy atom. The van der Waals surface area contributed by atoms with E-state index in [1.807, 2.05) is 0 Å². The maximum atomic E-state index is 13.7. The zero-order valence-corrected chi connectivity index (χ0v) is 23.3. The van der Waals surface area contributed by atoms with Gasteiger partial charge >= 0.3 is 0 Å². The fourth-order valence-corrected chi connectivity index (χ4v) is 5.90. The number of carbonyl (C=O) groups excluding carboxylic acids is 2. The van der Waals surface area contributed by atoms with Gasteiger partial charge < -0.3 is 10.2 Å². The average Bonchev–Trinajstić information content (AvgIpc) is 2.82. The molecule has 2 aromatic carbocycles. The summed E-state index contributed by atoms with van der Waals surface area (Å²) in [5.41, 5.74) is 0.741. The lowest BCUT2D eigenvalue weighted by Crippen LogP contribution is -2.53. The Balaban J connectivity index is 1.92. The lowest BCUT2D eigenvalue weighted by atomic mass is 9.95. The Labute approximate surface area is 228 Å². The van der Waals surface area contributed by atoms with E-state index in [2.05, 4.69) is 5.32 Å². The Morgan fingerprint density at radius 2 is 1.65 bits per heavy atom. The first-order chi connectivity index (χ1) is 17.5. The van der Waals surface area contributed by atoms with Crippen molar-refractivity contribution in [3.8, 4) is 0 Å². The van der Waals surface area contributed by atoms with Crippen molar-refractivity contribution in [3.63, 3.8) is 0 Å². The summed E-state index contributed by atoms with van der Waals surface area (Å²) in [6.07, 6.45) is 6.25. The highest BCUT2D eigenvalue weighted by molar-refractivity contribution is 7.92. The number of hydrogen-bond acceptors (Lipinski definition) is 4. The number of anilines is 1. The van der Waals surface area contributed by atoms with Crippen molar-refractivity contribution in [2.24, 2.45) is 0 Å². The molecule has 0 unspecified atom stereocenters. The third kappa shape index (κ3) is 8.32. The molecule has 2 aromatic rings. The number of benzene rings is 2. The SMILES string of the molecule is CC[C@H](C(=O)NC1CCCCC1)N(Cc1ccc(F)cc1)C(=O)CN(c1cc(Cl)cc(Cl)c1)S(C)(=O)=O. The molecule has 0 radical (unpaired) electrons. The predicted molar refractivity (Wildman–Crippen MR) is 145 cm³/mol. The zero-order valence-electron chi connectivity index (χ0n) is 20.9. The summed E-state index contributed by atoms with van der Waals surface area (Å²) in [5, 5.41) is 3.50. The topological polar surface area (TPSA) is 86.8 Å². The Bertz CT molecular complexity index is 1180. The Hall–Kier alpha value is -2.36. The predicted octanol–water partition coefficient (Wildman–Crippen LogP) is 5.15. The molecular formula is C26H32Cl2FN3O4S. The number of sulfonamides is 1. The maximum absolute atomic E-state index is 13.7. The minimum absolute atomic E-state index is 0.00358. The number of nitrogens with zero attached hydrogens (tertiary/aromatic N) is 2. The van der Waals surface area contributed by atoms with Crippen LogP contribution in [0.3, 0.4) is 0 Å². The number of rotatable bonds is 10. The molecule has 202 valence electrons. The van der Waals surface area contributed by atoms with Gasteiger partial charge in [-0.2, -0.15) is 0 Å². The van der Waals surface area contributed by atoms with Crippen molar-refractivity contribution in [2.75, 3.05) is 17.1 Å². The largest absolute Gasteiger partial charge is 0.352 e. The monoisotopic (exact) mass is 571 g/mol. The molecular weight excluding hydrogens is 540 g/mol. The van der Waals surface area contributed by atoms with Crippen LogP contribution in [0.5, 0.6) is 0 Å². The Kier molecular flexibility index (Phi) is 10.2. The standard InChI is InChI=1S/C26H32Cl2FN3O4S/c1-3-24(26(34)30-22-7-5-4-6-8-22)31(16-18-9-11-21(29)12-10-18)25(33)17-32(37(2,35)36)23-14-19(27)13-20(28)15-23/h9-15,22,24H,3-8,16-17H2,1-2H3,(H,30,34)/t24-/m1/s1. The lowest BCUT2D eigenvalue weighted by molar-refractivity contribution is -0.140. The van der Waals surface area contributed by atoms with Crippen LogP contribution in [0.1, 0.15) is 51.0 Å². The van der Waals surface area contributed by atoms with Crippen LogP contribution in [-0.4, -0.2) is 50.0 Å². The van der Waals surface area contributed by atoms with Gasteiger partial charge in [-0.05, 0) is 55.2 Å². The first-order valence-corrected chi connectivity index (χ1v) is 14.9. The van der Waals surface area contributed by atoms with Crippen LogP contribution >= 0.6 is 23.2 Å². The van der Waals surface area contributed by atoms with E-state index in [9.17, 15) is 22.4 Å². The molecule has 3 rings (SSSR count). The maximum Gasteiger partial charge on any atom is 0.244 e. The van der Waals surface area contributed by atoms with Crippen LogP contribution in [-0.2, 0) is 26.2 Å². The van der Waals surface area contributed by atoms with Crippen LogP contribution in [0.25, 0.3) is 0 Å². The van der Waals surface area contributed by atoms with Gasteiger partial charge in [-0.3, -0.25) is 13.9 Å². The molecule has 1 saturated carbocycles. The van der Waals surface area contributed by atoms with Crippen molar-refractivity contribution in [2.45, 2.75) is 64.1 Å². The van der Waals surface area contributed by atoms with Gasteiger partial charge in [-0.15, -0.1) is 0 Å². The fourth-order valence-electron chi connectivity index (χ4n) is 4.55. The second kappa shape index (κ2) is 12.9. The van der Waals surface area contributed by atoms with Gasteiger partial charge in [0.1, 0.15) is 18.4 Å². The third-order valence-corrected chi connectivity index (χ3v) is 8.00. The zero-order chi connectivity index (χ0) is 27.2. The third-order valence-electron chi connectivity index (χ3n) is 6.42. The van der Waals surface area contributed by atoms with Crippen LogP contribution in [0.4, 0.5) is 10.1 Å². The van der Waals surface area contributed by atoms with Crippen molar-refractivity contribution in [1.29, 1.82) is 0 Å². The van der Waals surface area contributed by atoms with E-state index in [4.69, 9.17) is 23.2 Å². The van der Waals surface area contributed by atoms with Gasteiger partial charge in [0.15, 0.2) is 0 Å². The smallest absolute Gasteiger partial charge is 0.244 e. The van der Waals surface area contributed by atoms with E-state index >= 15 is 0 Å². The van der Waals surface area contributed by atoms with Crippen LogP contribution in [0, 0.1) is 5.82 Å². The first kappa shape index (κ1) is 29.2. The Morgan fingerprint density at radius 1 is 1.05 bits per heavy atom. The molecule has 11 heteroatoms. The second-order valence-electron chi connectivity index (χ2n) is 9.31. The van der Waals surface area contributed by atoms with Gasteiger partial charge in [0, 0.05) is 22.6 Å². The highest BCUT2D eigenvalue weighted by Crippen LogP contribution is 2.27. The summed E-state index contributed by atoms with van der Waals surface area (Å²) in [4.78, 5) is 28.4. The molecule has 1 fully saturated rings. The summed E-state index contributed by atoms with van der Waals surface area (Å²) in [7, 11) is -3.92. The van der Waals surface area contributed by atoms with Crippen LogP contribution in [0.15, 0.2) is 42.5 Å². The van der Waals surface area contributed by atoms with E-state index in [1.54, 1.807) is 6.92 Å². The van der Waals surface area contributed by atoms with Gasteiger partial charge in [0.2, 0.25) is 21.8 Å². The van der Waals surface area contributed by atoms with Crippen molar-refractivity contribution < 1.29 is 22.4 Å². The van der Waals surface area contributed by atoms with Gasteiger partial charge in [0.25, 0.3) is 0 Å². The molecule has 0 aromatic heterocycles. The van der Waals surface area contributed by atoms with Gasteiger partial charge in [0.05, 0.1) is 11.9 Å². The quantitative estimate of drug-likeness (QED) is 0.427. The molecule has 1 aliphatic rings. The summed E-state index contributed by atoms with van der Waals surface area (Å²) >= 11 is 12.2. The molecule has 1 N–H and O–H groups in total. The van der Waals surface area contributed by atoms with E-state index in [0.717, 1.165) is 42.7 Å².